The molecule has 1 rings (SSSR count). The van der Waals surface area contributed by atoms with Crippen molar-refractivity contribution in [3.8, 4) is 12.3 Å². The summed E-state index contributed by atoms with van der Waals surface area (Å²) in [6, 6.07) is 9.72. The summed E-state index contributed by atoms with van der Waals surface area (Å²) >= 11 is 3.65. The highest BCUT2D eigenvalue weighted by atomic mass is 79.9. The van der Waals surface area contributed by atoms with Gasteiger partial charge in [-0.2, -0.15) is 0 Å². The molecule has 0 saturated heterocycles. The van der Waals surface area contributed by atoms with Gasteiger partial charge in [0.05, 0.1) is 26.5 Å². The molecular formula is C22H26BrNO4. The zero-order valence-electron chi connectivity index (χ0n) is 17.1. The lowest BCUT2D eigenvalue weighted by Crippen LogP contribution is -2.28. The molecule has 1 aromatic rings. The quantitative estimate of drug-likeness (QED) is 0.164. The van der Waals surface area contributed by atoms with E-state index >= 15 is 0 Å². The van der Waals surface area contributed by atoms with E-state index in [0.29, 0.717) is 10.2 Å². The molecule has 0 aliphatic carbocycles. The van der Waals surface area contributed by atoms with Crippen LogP contribution >= 0.6 is 15.9 Å². The topological polar surface area (TPSA) is 55.8 Å². The van der Waals surface area contributed by atoms with Gasteiger partial charge in [-0.1, -0.05) is 57.0 Å². The fourth-order valence-electron chi connectivity index (χ4n) is 2.78. The van der Waals surface area contributed by atoms with Gasteiger partial charge in [0.25, 0.3) is 0 Å². The lowest BCUT2D eigenvalue weighted by molar-refractivity contribution is -0.144. The molecule has 0 fully saturated rings. The number of carbonyl (C=O) groups excluding carboxylic acids is 2. The van der Waals surface area contributed by atoms with E-state index in [1.165, 1.54) is 14.2 Å². The molecule has 28 heavy (non-hydrogen) atoms. The fraction of sp³-hybridized carbons (Fsp3) is 0.364. The summed E-state index contributed by atoms with van der Waals surface area (Å²) < 4.78 is 10.3. The maximum Gasteiger partial charge on any atom is 0.347 e. The minimum atomic E-state index is -0.802. The van der Waals surface area contributed by atoms with Gasteiger partial charge < -0.3 is 14.4 Å². The second kappa shape index (κ2) is 10.1. The first-order chi connectivity index (χ1) is 13.1. The van der Waals surface area contributed by atoms with Crippen molar-refractivity contribution in [3.05, 3.63) is 51.6 Å². The Morgan fingerprint density at radius 2 is 1.61 bits per heavy atom. The summed E-state index contributed by atoms with van der Waals surface area (Å²) in [5.74, 6) is 0.929. The van der Waals surface area contributed by atoms with E-state index in [1.54, 1.807) is 11.9 Å². The second-order valence-corrected chi connectivity index (χ2v) is 7.86. The SMILES string of the molecule is C#CCN(C)C(=C(C(=O)OC)C(=O)OC)/C(Br)=C(/c1ccccc1)C(C)(C)C. The van der Waals surface area contributed by atoms with Crippen molar-refractivity contribution in [1.82, 2.24) is 4.90 Å². The first kappa shape index (κ1) is 23.5. The van der Waals surface area contributed by atoms with Crippen molar-refractivity contribution in [3.63, 3.8) is 0 Å². The first-order valence-corrected chi connectivity index (χ1v) is 9.40. The molecule has 6 heteroatoms. The van der Waals surface area contributed by atoms with Crippen LogP contribution in [-0.4, -0.2) is 44.7 Å². The third-order valence-electron chi connectivity index (χ3n) is 3.97. The molecule has 0 unspecified atom stereocenters. The Bertz CT molecular complexity index is 808. The second-order valence-electron chi connectivity index (χ2n) is 7.07. The molecule has 0 N–H and O–H groups in total. The highest BCUT2D eigenvalue weighted by Crippen LogP contribution is 2.42. The monoisotopic (exact) mass is 447 g/mol. The minimum absolute atomic E-state index is 0.175. The third-order valence-corrected chi connectivity index (χ3v) is 4.74. The van der Waals surface area contributed by atoms with Crippen LogP contribution in [0, 0.1) is 17.8 Å². The Balaban J connectivity index is 4.02. The molecule has 0 aliphatic rings. The molecule has 1 aromatic carbocycles. The van der Waals surface area contributed by atoms with Crippen LogP contribution in [0.25, 0.3) is 5.57 Å². The number of carbonyl (C=O) groups is 2. The van der Waals surface area contributed by atoms with Crippen LogP contribution in [0.1, 0.15) is 26.3 Å². The zero-order valence-corrected chi connectivity index (χ0v) is 18.7. The highest BCUT2D eigenvalue weighted by molar-refractivity contribution is 9.12. The molecule has 0 aromatic heterocycles. The van der Waals surface area contributed by atoms with E-state index in [0.717, 1.165) is 11.1 Å². The number of terminal acetylenes is 1. The minimum Gasteiger partial charge on any atom is -0.465 e. The third kappa shape index (κ3) is 5.49. The van der Waals surface area contributed by atoms with Crippen molar-refractivity contribution in [2.24, 2.45) is 5.41 Å². The van der Waals surface area contributed by atoms with Crippen LogP contribution in [0.4, 0.5) is 0 Å². The molecule has 150 valence electrons. The summed E-state index contributed by atoms with van der Waals surface area (Å²) in [6.45, 7) is 6.32. The summed E-state index contributed by atoms with van der Waals surface area (Å²) in [6.07, 6.45) is 5.48. The van der Waals surface area contributed by atoms with Gasteiger partial charge in [-0.05, 0) is 32.5 Å². The van der Waals surface area contributed by atoms with Gasteiger partial charge in [0.1, 0.15) is 0 Å². The van der Waals surface area contributed by atoms with Gasteiger partial charge in [0.2, 0.25) is 0 Å². The number of halogens is 1. The van der Waals surface area contributed by atoms with Crippen molar-refractivity contribution < 1.29 is 19.1 Å². The Labute approximate surface area is 175 Å². The van der Waals surface area contributed by atoms with Crippen molar-refractivity contribution in [2.75, 3.05) is 27.8 Å². The smallest absolute Gasteiger partial charge is 0.347 e. The summed E-state index contributed by atoms with van der Waals surface area (Å²) in [5.41, 5.74) is 1.61. The summed E-state index contributed by atoms with van der Waals surface area (Å²) in [5, 5.41) is 0. The Morgan fingerprint density at radius 1 is 1.11 bits per heavy atom. The van der Waals surface area contributed by atoms with E-state index in [9.17, 15) is 9.59 Å². The van der Waals surface area contributed by atoms with Crippen LogP contribution < -0.4 is 0 Å². The molecule has 0 spiro atoms. The lowest BCUT2D eigenvalue weighted by atomic mass is 9.81. The normalized spacial score (nSPS) is 11.6. The van der Waals surface area contributed by atoms with E-state index in [1.807, 2.05) is 51.1 Å². The van der Waals surface area contributed by atoms with E-state index in [-0.39, 0.29) is 17.5 Å². The molecule has 0 radical (unpaired) electrons. The van der Waals surface area contributed by atoms with E-state index in [2.05, 4.69) is 21.9 Å². The molecule has 0 heterocycles. The van der Waals surface area contributed by atoms with Gasteiger partial charge in [0, 0.05) is 11.5 Å². The molecule has 0 atom stereocenters. The first-order valence-electron chi connectivity index (χ1n) is 8.61. The standard InChI is InChI=1S/C22H26BrNO4/c1-8-14-24(5)19(16(20(25)27-6)21(26)28-7)18(23)17(22(2,3)4)15-12-10-9-11-13-15/h1,9-13H,14H2,2-7H3/b18-17+. The number of hydrogen-bond acceptors (Lipinski definition) is 5. The number of nitrogens with zero attached hydrogens (tertiary/aromatic N) is 1. The number of likely N-dealkylation sites (N-methyl/N-ethyl adjacent to an activating group) is 1. The van der Waals surface area contributed by atoms with Gasteiger partial charge in [-0.15, -0.1) is 6.42 Å². The number of hydrogen-bond donors (Lipinski definition) is 0. The predicted octanol–water partition coefficient (Wildman–Crippen LogP) is 4.00. The number of rotatable bonds is 6. The number of allylic oxidation sites excluding steroid dienone is 2. The van der Waals surface area contributed by atoms with Crippen molar-refractivity contribution in [1.29, 1.82) is 0 Å². The van der Waals surface area contributed by atoms with Crippen LogP contribution in [0.3, 0.4) is 0 Å². The number of esters is 2. The summed E-state index contributed by atoms with van der Waals surface area (Å²) in [7, 11) is 4.13. The van der Waals surface area contributed by atoms with Crippen molar-refractivity contribution in [2.45, 2.75) is 20.8 Å². The van der Waals surface area contributed by atoms with Crippen LogP contribution in [0.2, 0.25) is 0 Å². The van der Waals surface area contributed by atoms with Gasteiger partial charge in [0.15, 0.2) is 5.57 Å². The van der Waals surface area contributed by atoms with Crippen LogP contribution in [-0.2, 0) is 19.1 Å². The zero-order chi connectivity index (χ0) is 21.5. The van der Waals surface area contributed by atoms with Gasteiger partial charge in [-0.3, -0.25) is 0 Å². The van der Waals surface area contributed by atoms with E-state index in [4.69, 9.17) is 15.9 Å². The van der Waals surface area contributed by atoms with Crippen molar-refractivity contribution >= 4 is 33.4 Å². The average Bonchev–Trinajstić information content (AvgIpc) is 2.64. The van der Waals surface area contributed by atoms with Gasteiger partial charge >= 0.3 is 11.9 Å². The van der Waals surface area contributed by atoms with Crippen LogP contribution in [0.5, 0.6) is 0 Å². The molecule has 0 saturated carbocycles. The summed E-state index contributed by atoms with van der Waals surface area (Å²) in [4.78, 5) is 26.6. The Kier molecular flexibility index (Phi) is 8.52. The Hall–Kier alpha value is -2.52. The largest absolute Gasteiger partial charge is 0.465 e. The molecule has 0 amide bonds. The maximum absolute atomic E-state index is 12.5. The Morgan fingerprint density at radius 3 is 2.00 bits per heavy atom. The van der Waals surface area contributed by atoms with Crippen LogP contribution in [0.15, 0.2) is 46.1 Å². The molecular weight excluding hydrogens is 422 g/mol. The fourth-order valence-corrected chi connectivity index (χ4v) is 4.10. The number of methoxy groups -OCH3 is 2. The van der Waals surface area contributed by atoms with Gasteiger partial charge in [-0.25, -0.2) is 9.59 Å². The average molecular weight is 448 g/mol. The number of ether oxygens (including phenoxy) is 2. The lowest BCUT2D eigenvalue weighted by Gasteiger charge is -2.30. The molecule has 0 bridgehead atoms. The molecule has 0 aliphatic heterocycles. The maximum atomic E-state index is 12.5. The highest BCUT2D eigenvalue weighted by Gasteiger charge is 2.32. The number of benzene rings is 1. The molecule has 5 nitrogen and oxygen atoms in total. The van der Waals surface area contributed by atoms with E-state index < -0.39 is 11.9 Å². The predicted molar refractivity (Wildman–Crippen MR) is 114 cm³/mol.